The Morgan fingerprint density at radius 3 is 2.81 bits per heavy atom. The van der Waals surface area contributed by atoms with E-state index in [1.54, 1.807) is 29.0 Å². The summed E-state index contributed by atoms with van der Waals surface area (Å²) in [5.41, 5.74) is 1.75. The van der Waals surface area contributed by atoms with Gasteiger partial charge in [0.2, 0.25) is 5.88 Å². The minimum absolute atomic E-state index is 0.317. The molecule has 1 aromatic carbocycles. The largest absolute Gasteiger partial charge is 0.437 e. The zero-order valence-electron chi connectivity index (χ0n) is 11.5. The average molecular weight is 350 g/mol. The Morgan fingerprint density at radius 1 is 1.29 bits per heavy atom. The first kappa shape index (κ1) is 14.0. The summed E-state index contributed by atoms with van der Waals surface area (Å²) >= 11 is 3.14. The van der Waals surface area contributed by atoms with Gasteiger partial charge in [-0.2, -0.15) is 5.10 Å². The highest BCUT2D eigenvalue weighted by molar-refractivity contribution is 9.10. The molecule has 21 heavy (non-hydrogen) atoms. The van der Waals surface area contributed by atoms with Crippen LogP contribution in [-0.2, 0) is 0 Å². The van der Waals surface area contributed by atoms with Crippen molar-refractivity contribution < 1.29 is 9.13 Å². The SMILES string of the molecule is CC(C)c1cc2c(Oc3ccc(F)c(Br)c3)nccn2n1. The summed E-state index contributed by atoms with van der Waals surface area (Å²) in [7, 11) is 0. The number of halogens is 2. The second-order valence-electron chi connectivity index (χ2n) is 4.96. The van der Waals surface area contributed by atoms with Crippen LogP contribution in [-0.4, -0.2) is 14.6 Å². The standard InChI is InChI=1S/C15H13BrFN3O/c1-9(2)13-8-14-15(18-5-6-20(14)19-13)21-10-3-4-12(17)11(16)7-10/h3-9H,1-2H3. The van der Waals surface area contributed by atoms with Crippen molar-refractivity contribution in [3.8, 4) is 11.6 Å². The summed E-state index contributed by atoms with van der Waals surface area (Å²) in [6, 6.07) is 6.42. The number of ether oxygens (including phenoxy) is 1. The lowest BCUT2D eigenvalue weighted by Gasteiger charge is -2.06. The fourth-order valence-electron chi connectivity index (χ4n) is 1.93. The van der Waals surface area contributed by atoms with Gasteiger partial charge in [-0.3, -0.25) is 0 Å². The van der Waals surface area contributed by atoms with Crippen LogP contribution in [0.1, 0.15) is 25.5 Å². The van der Waals surface area contributed by atoms with E-state index < -0.39 is 0 Å². The summed E-state index contributed by atoms with van der Waals surface area (Å²) in [5.74, 6) is 0.935. The molecular formula is C15H13BrFN3O. The van der Waals surface area contributed by atoms with Crippen LogP contribution in [0.4, 0.5) is 4.39 Å². The van der Waals surface area contributed by atoms with E-state index in [1.807, 2.05) is 6.07 Å². The molecule has 0 saturated heterocycles. The molecule has 0 radical (unpaired) electrons. The van der Waals surface area contributed by atoms with E-state index in [0.29, 0.717) is 22.0 Å². The molecule has 0 saturated carbocycles. The smallest absolute Gasteiger partial charge is 0.245 e. The number of hydrogen-bond acceptors (Lipinski definition) is 3. The molecule has 4 nitrogen and oxygen atoms in total. The van der Waals surface area contributed by atoms with Crippen molar-refractivity contribution in [1.29, 1.82) is 0 Å². The van der Waals surface area contributed by atoms with Gasteiger partial charge in [0.25, 0.3) is 0 Å². The third-order valence-electron chi connectivity index (χ3n) is 3.07. The minimum Gasteiger partial charge on any atom is -0.437 e. The van der Waals surface area contributed by atoms with Gasteiger partial charge in [-0.25, -0.2) is 13.9 Å². The Hall–Kier alpha value is -1.95. The third-order valence-corrected chi connectivity index (χ3v) is 3.68. The molecule has 0 aliphatic carbocycles. The number of fused-ring (bicyclic) bond motifs is 1. The lowest BCUT2D eigenvalue weighted by molar-refractivity contribution is 0.463. The maximum Gasteiger partial charge on any atom is 0.245 e. The van der Waals surface area contributed by atoms with Crippen LogP contribution in [0, 0.1) is 5.82 Å². The van der Waals surface area contributed by atoms with Crippen molar-refractivity contribution in [2.24, 2.45) is 0 Å². The van der Waals surface area contributed by atoms with E-state index in [9.17, 15) is 4.39 Å². The Bertz CT molecular complexity index is 801. The molecule has 3 rings (SSSR count). The molecule has 0 aliphatic heterocycles. The van der Waals surface area contributed by atoms with E-state index in [4.69, 9.17) is 4.74 Å². The molecule has 0 unspecified atom stereocenters. The molecule has 0 bridgehead atoms. The van der Waals surface area contributed by atoms with Gasteiger partial charge >= 0.3 is 0 Å². The second kappa shape index (κ2) is 5.44. The van der Waals surface area contributed by atoms with Gasteiger partial charge in [0, 0.05) is 12.4 Å². The summed E-state index contributed by atoms with van der Waals surface area (Å²) in [4.78, 5) is 4.23. The van der Waals surface area contributed by atoms with Gasteiger partial charge in [0.05, 0.1) is 10.2 Å². The van der Waals surface area contributed by atoms with Gasteiger partial charge in [0.15, 0.2) is 0 Å². The van der Waals surface area contributed by atoms with Crippen molar-refractivity contribution >= 4 is 21.4 Å². The molecule has 2 heterocycles. The van der Waals surface area contributed by atoms with Gasteiger partial charge < -0.3 is 4.74 Å². The number of nitrogens with zero attached hydrogens (tertiary/aromatic N) is 3. The fourth-order valence-corrected chi connectivity index (χ4v) is 2.29. The van der Waals surface area contributed by atoms with Gasteiger partial charge in [-0.1, -0.05) is 13.8 Å². The van der Waals surface area contributed by atoms with Crippen LogP contribution in [0.2, 0.25) is 0 Å². The molecule has 0 aliphatic rings. The summed E-state index contributed by atoms with van der Waals surface area (Å²) in [6.07, 6.45) is 3.40. The lowest BCUT2D eigenvalue weighted by atomic mass is 10.1. The van der Waals surface area contributed by atoms with E-state index in [2.05, 4.69) is 39.9 Å². The molecule has 2 aromatic heterocycles. The number of benzene rings is 1. The van der Waals surface area contributed by atoms with Gasteiger partial charge in [-0.05, 0) is 46.1 Å². The number of aromatic nitrogens is 3. The minimum atomic E-state index is -0.333. The predicted octanol–water partition coefficient (Wildman–Crippen LogP) is 4.55. The first-order valence-electron chi connectivity index (χ1n) is 6.52. The highest BCUT2D eigenvalue weighted by atomic mass is 79.9. The highest BCUT2D eigenvalue weighted by Crippen LogP contribution is 2.28. The molecule has 3 aromatic rings. The topological polar surface area (TPSA) is 39.4 Å². The van der Waals surface area contributed by atoms with Crippen molar-refractivity contribution in [1.82, 2.24) is 14.6 Å². The van der Waals surface area contributed by atoms with Gasteiger partial charge in [-0.15, -0.1) is 0 Å². The molecule has 0 N–H and O–H groups in total. The molecule has 0 atom stereocenters. The molecule has 0 amide bonds. The molecule has 6 heteroatoms. The zero-order chi connectivity index (χ0) is 15.0. The van der Waals surface area contributed by atoms with Crippen LogP contribution < -0.4 is 4.74 Å². The van der Waals surface area contributed by atoms with Crippen LogP contribution in [0.25, 0.3) is 5.52 Å². The lowest BCUT2D eigenvalue weighted by Crippen LogP contribution is -1.94. The molecule has 0 fully saturated rings. The van der Waals surface area contributed by atoms with Crippen molar-refractivity contribution in [3.63, 3.8) is 0 Å². The molecule has 0 spiro atoms. The summed E-state index contributed by atoms with van der Waals surface area (Å²) in [5, 5.41) is 4.47. The molecular weight excluding hydrogens is 337 g/mol. The van der Waals surface area contributed by atoms with Crippen molar-refractivity contribution in [2.75, 3.05) is 0 Å². The van der Waals surface area contributed by atoms with Crippen LogP contribution in [0.5, 0.6) is 11.6 Å². The first-order valence-corrected chi connectivity index (χ1v) is 7.31. The van der Waals surface area contributed by atoms with Crippen molar-refractivity contribution in [3.05, 3.63) is 52.6 Å². The van der Waals surface area contributed by atoms with E-state index in [0.717, 1.165) is 11.2 Å². The van der Waals surface area contributed by atoms with Crippen LogP contribution >= 0.6 is 15.9 Å². The average Bonchev–Trinajstić information content (AvgIpc) is 2.88. The zero-order valence-corrected chi connectivity index (χ0v) is 13.1. The third kappa shape index (κ3) is 2.76. The van der Waals surface area contributed by atoms with Crippen molar-refractivity contribution in [2.45, 2.75) is 19.8 Å². The molecule has 108 valence electrons. The monoisotopic (exact) mass is 349 g/mol. The first-order chi connectivity index (χ1) is 10.0. The number of hydrogen-bond donors (Lipinski definition) is 0. The Labute approximate surface area is 129 Å². The van der Waals surface area contributed by atoms with Gasteiger partial charge in [0.1, 0.15) is 17.1 Å². The Balaban J connectivity index is 2.01. The quantitative estimate of drug-likeness (QED) is 0.696. The Morgan fingerprint density at radius 2 is 2.10 bits per heavy atom. The fraction of sp³-hybridized carbons (Fsp3) is 0.200. The van der Waals surface area contributed by atoms with E-state index >= 15 is 0 Å². The predicted molar refractivity (Wildman–Crippen MR) is 81.3 cm³/mol. The van der Waals surface area contributed by atoms with Crippen LogP contribution in [0.15, 0.2) is 41.1 Å². The highest BCUT2D eigenvalue weighted by Gasteiger charge is 2.12. The summed E-state index contributed by atoms with van der Waals surface area (Å²) < 4.78 is 21.1. The maximum absolute atomic E-state index is 13.3. The second-order valence-corrected chi connectivity index (χ2v) is 5.82. The van der Waals surface area contributed by atoms with Crippen LogP contribution in [0.3, 0.4) is 0 Å². The number of rotatable bonds is 3. The normalized spacial score (nSPS) is 11.3. The maximum atomic E-state index is 13.3. The Kier molecular flexibility index (Phi) is 3.63. The summed E-state index contributed by atoms with van der Waals surface area (Å²) in [6.45, 7) is 4.15. The van der Waals surface area contributed by atoms with E-state index in [-0.39, 0.29) is 5.82 Å². The van der Waals surface area contributed by atoms with E-state index in [1.165, 1.54) is 6.07 Å².